The Labute approximate surface area is 218 Å². The van der Waals surface area contributed by atoms with Crippen LogP contribution in [-0.4, -0.2) is 43.0 Å². The van der Waals surface area contributed by atoms with Crippen molar-refractivity contribution in [2.24, 2.45) is 0 Å². The number of ether oxygens (including phenoxy) is 1. The Morgan fingerprint density at radius 3 is 2.73 bits per heavy atom. The average Bonchev–Trinajstić information content (AvgIpc) is 3.14. The minimum atomic E-state index is -4.08. The fraction of sp³-hybridized carbons (Fsp3) is 0.409. The van der Waals surface area contributed by atoms with E-state index in [0.717, 1.165) is 16.9 Å². The van der Waals surface area contributed by atoms with Gasteiger partial charge in [-0.15, -0.1) is 0 Å². The van der Waals surface area contributed by atoms with Gasteiger partial charge < -0.3 is 31.3 Å². The third kappa shape index (κ3) is 7.08. The first-order valence-electron chi connectivity index (χ1n) is 11.5. The molecule has 0 fully saturated rings. The van der Waals surface area contributed by atoms with Crippen molar-refractivity contribution in [2.75, 3.05) is 24.2 Å². The topological polar surface area (TPSA) is 206 Å². The van der Waals surface area contributed by atoms with Crippen molar-refractivity contribution < 1.29 is 28.5 Å². The lowest BCUT2D eigenvalue weighted by Gasteiger charge is -2.08. The molecule has 0 saturated heterocycles. The van der Waals surface area contributed by atoms with E-state index in [0.29, 0.717) is 31.7 Å². The van der Waals surface area contributed by atoms with Gasteiger partial charge in [0.25, 0.3) is 11.7 Å². The third-order valence-corrected chi connectivity index (χ3v) is 6.70. The van der Waals surface area contributed by atoms with Crippen molar-refractivity contribution >= 4 is 47.8 Å². The number of fused-ring (bicyclic) bond motifs is 1. The number of halogens is 1. The van der Waals surface area contributed by atoms with Crippen LogP contribution in [0.2, 0.25) is 5.15 Å². The van der Waals surface area contributed by atoms with Crippen LogP contribution in [0.4, 0.5) is 11.6 Å². The van der Waals surface area contributed by atoms with Crippen molar-refractivity contribution in [1.29, 1.82) is 5.26 Å². The minimum Gasteiger partial charge on any atom is -0.493 e. The van der Waals surface area contributed by atoms with Crippen LogP contribution in [0.5, 0.6) is 5.75 Å². The van der Waals surface area contributed by atoms with Gasteiger partial charge in [-0.1, -0.05) is 11.6 Å². The third-order valence-electron chi connectivity index (χ3n) is 5.53. The summed E-state index contributed by atoms with van der Waals surface area (Å²) in [6.07, 6.45) is 0.938. The van der Waals surface area contributed by atoms with E-state index in [2.05, 4.69) is 21.4 Å². The summed E-state index contributed by atoms with van der Waals surface area (Å²) >= 11 is 5.91. The SMILES string of the molecule is CCn1c(CNC(=O)c2nc(Cl)c(N)nc2N)[n+](CCCC#N)c2ccc(OCCCP(=O)(O)O)cc21. The number of nitriles is 1. The summed E-state index contributed by atoms with van der Waals surface area (Å²) in [6, 6.07) is 7.63. The lowest BCUT2D eigenvalue weighted by atomic mass is 10.2. The van der Waals surface area contributed by atoms with Crippen LogP contribution in [0.15, 0.2) is 18.2 Å². The lowest BCUT2D eigenvalue weighted by Crippen LogP contribution is -2.41. The second-order valence-electron chi connectivity index (χ2n) is 8.13. The quantitative estimate of drug-likeness (QED) is 0.125. The number of nitrogens with zero attached hydrogens (tertiary/aromatic N) is 5. The van der Waals surface area contributed by atoms with Crippen LogP contribution in [0.1, 0.15) is 42.5 Å². The van der Waals surface area contributed by atoms with E-state index in [1.807, 2.05) is 28.2 Å². The van der Waals surface area contributed by atoms with E-state index in [1.165, 1.54) is 0 Å². The smallest absolute Gasteiger partial charge is 0.325 e. The van der Waals surface area contributed by atoms with Crippen molar-refractivity contribution in [1.82, 2.24) is 19.9 Å². The van der Waals surface area contributed by atoms with Gasteiger partial charge in [0.05, 0.1) is 31.9 Å². The van der Waals surface area contributed by atoms with E-state index in [-0.39, 0.29) is 48.2 Å². The molecule has 0 aliphatic carbocycles. The molecule has 0 saturated carbocycles. The summed E-state index contributed by atoms with van der Waals surface area (Å²) in [6.45, 7) is 3.35. The van der Waals surface area contributed by atoms with Crippen molar-refractivity contribution in [3.05, 3.63) is 34.9 Å². The van der Waals surface area contributed by atoms with Gasteiger partial charge in [0.2, 0.25) is 0 Å². The Hall–Kier alpha value is -3.43. The normalized spacial score (nSPS) is 11.4. The highest BCUT2D eigenvalue weighted by Gasteiger charge is 2.26. The number of benzene rings is 1. The molecule has 3 rings (SSSR count). The van der Waals surface area contributed by atoms with Gasteiger partial charge in [0.1, 0.15) is 12.3 Å². The summed E-state index contributed by atoms with van der Waals surface area (Å²) in [5.41, 5.74) is 13.0. The Balaban J connectivity index is 1.90. The maximum absolute atomic E-state index is 12.8. The number of hydrogen-bond acceptors (Lipinski definition) is 8. The molecule has 198 valence electrons. The zero-order valence-corrected chi connectivity index (χ0v) is 21.9. The van der Waals surface area contributed by atoms with Crippen molar-refractivity contribution in [3.8, 4) is 11.8 Å². The molecule has 0 atom stereocenters. The standard InChI is InChI=1S/C22H28ClN8O5P/c1-2-30-16-12-14(36-10-5-11-37(33,34)35)6-7-15(16)31(9-4-3-8-24)17(30)13-27-22(32)18-20(25)29-21(26)19(23)28-18/h6-7,12H,2-5,9-11,13H2,1H3,(H6-,25,26,27,29,32,33,34,35)/p+1. The van der Waals surface area contributed by atoms with Gasteiger partial charge in [0.15, 0.2) is 33.5 Å². The van der Waals surface area contributed by atoms with Crippen LogP contribution < -0.4 is 26.1 Å². The number of aromatic nitrogens is 4. The average molecular weight is 552 g/mol. The Morgan fingerprint density at radius 2 is 2.05 bits per heavy atom. The molecule has 3 aromatic rings. The fourth-order valence-corrected chi connectivity index (χ4v) is 4.55. The molecule has 1 aromatic carbocycles. The molecule has 0 aliphatic heterocycles. The molecule has 2 heterocycles. The van der Waals surface area contributed by atoms with E-state index < -0.39 is 13.5 Å². The summed E-state index contributed by atoms with van der Waals surface area (Å²) in [5, 5.41) is 11.7. The van der Waals surface area contributed by atoms with Gasteiger partial charge >= 0.3 is 7.60 Å². The van der Waals surface area contributed by atoms with Crippen LogP contribution in [0, 0.1) is 11.3 Å². The first-order valence-corrected chi connectivity index (χ1v) is 13.7. The number of unbranched alkanes of at least 4 members (excludes halogenated alkanes) is 1. The summed E-state index contributed by atoms with van der Waals surface area (Å²) in [7, 11) is -4.08. The number of carbonyl (C=O) groups excluding carboxylic acids is 1. The number of rotatable bonds is 12. The first-order chi connectivity index (χ1) is 17.6. The molecule has 37 heavy (non-hydrogen) atoms. The molecular formula is C22H29ClN8O5P+. The van der Waals surface area contributed by atoms with Gasteiger partial charge in [-0.2, -0.15) is 5.26 Å². The second-order valence-corrected chi connectivity index (χ2v) is 10.3. The number of aryl methyl sites for hydroxylation is 2. The number of anilines is 2. The highest BCUT2D eigenvalue weighted by Crippen LogP contribution is 2.34. The number of carbonyl (C=O) groups is 1. The number of nitrogen functional groups attached to an aromatic ring is 2. The van der Waals surface area contributed by atoms with Crippen LogP contribution in [0.3, 0.4) is 0 Å². The number of amides is 1. The second kappa shape index (κ2) is 12.2. The molecule has 0 bridgehead atoms. The molecule has 0 spiro atoms. The fourth-order valence-electron chi connectivity index (χ4n) is 3.88. The Morgan fingerprint density at radius 1 is 1.30 bits per heavy atom. The summed E-state index contributed by atoms with van der Waals surface area (Å²) < 4.78 is 20.8. The highest BCUT2D eigenvalue weighted by atomic mass is 35.5. The molecule has 0 unspecified atom stereocenters. The minimum absolute atomic E-state index is 0.0723. The monoisotopic (exact) mass is 551 g/mol. The Bertz CT molecular complexity index is 1380. The van der Waals surface area contributed by atoms with Crippen molar-refractivity contribution in [3.63, 3.8) is 0 Å². The lowest BCUT2D eigenvalue weighted by molar-refractivity contribution is -0.680. The molecule has 7 N–H and O–H groups in total. The molecule has 0 aliphatic rings. The number of nitrogens with one attached hydrogen (secondary N) is 1. The summed E-state index contributed by atoms with van der Waals surface area (Å²) in [5.74, 6) is 0.535. The van der Waals surface area contributed by atoms with Crippen molar-refractivity contribution in [2.45, 2.75) is 45.8 Å². The summed E-state index contributed by atoms with van der Waals surface area (Å²) in [4.78, 5) is 38.7. The highest BCUT2D eigenvalue weighted by molar-refractivity contribution is 7.51. The van der Waals surface area contributed by atoms with Crippen LogP contribution in [-0.2, 0) is 24.2 Å². The van der Waals surface area contributed by atoms with Gasteiger partial charge in [-0.25, -0.2) is 19.1 Å². The van der Waals surface area contributed by atoms with E-state index in [1.54, 1.807) is 6.07 Å². The van der Waals surface area contributed by atoms with Crippen LogP contribution >= 0.6 is 19.2 Å². The van der Waals surface area contributed by atoms with E-state index in [9.17, 15) is 9.36 Å². The number of hydrogen-bond donors (Lipinski definition) is 5. The van der Waals surface area contributed by atoms with Gasteiger partial charge in [-0.05, 0) is 31.9 Å². The van der Waals surface area contributed by atoms with Crippen LogP contribution in [0.25, 0.3) is 11.0 Å². The predicted molar refractivity (Wildman–Crippen MR) is 137 cm³/mol. The molecule has 0 radical (unpaired) electrons. The molecule has 1 amide bonds. The molecular weight excluding hydrogens is 523 g/mol. The largest absolute Gasteiger partial charge is 0.493 e. The maximum Gasteiger partial charge on any atom is 0.325 e. The molecule has 15 heteroatoms. The first kappa shape index (κ1) is 28.1. The van der Waals surface area contributed by atoms with E-state index >= 15 is 0 Å². The number of imidazole rings is 1. The Kier molecular flexibility index (Phi) is 9.29. The zero-order chi connectivity index (χ0) is 27.2. The van der Waals surface area contributed by atoms with Gasteiger partial charge in [-0.3, -0.25) is 9.36 Å². The number of nitrogens with two attached hydrogens (primary N) is 2. The van der Waals surface area contributed by atoms with Gasteiger partial charge in [0, 0.05) is 12.5 Å². The molecule has 13 nitrogen and oxygen atoms in total. The predicted octanol–water partition coefficient (Wildman–Crippen LogP) is 1.74. The molecule has 2 aromatic heterocycles. The maximum atomic E-state index is 12.8. The van der Waals surface area contributed by atoms with E-state index in [4.69, 9.17) is 42.9 Å². The zero-order valence-electron chi connectivity index (χ0n) is 20.2.